The Kier molecular flexibility index (Phi) is 2.83. The molecular weight excluding hydrogens is 203 g/mol. The van der Waals surface area contributed by atoms with E-state index in [-0.39, 0.29) is 16.7 Å². The Labute approximate surface area is 78.5 Å². The Hall–Kier alpha value is -0.870. The summed E-state index contributed by atoms with van der Waals surface area (Å²) >= 11 is 10.7. The van der Waals surface area contributed by atoms with Crippen LogP contribution in [0.4, 0.5) is 0 Å². The molecule has 6 heteroatoms. The third-order valence-electron chi connectivity index (χ3n) is 1.08. The summed E-state index contributed by atoms with van der Waals surface area (Å²) in [6.45, 7) is 0. The van der Waals surface area contributed by atoms with Gasteiger partial charge in [-0.3, -0.25) is 4.79 Å². The molecule has 0 aliphatic heterocycles. The summed E-state index contributed by atoms with van der Waals surface area (Å²) in [5.41, 5.74) is 0. The van der Waals surface area contributed by atoms with Gasteiger partial charge in [0.05, 0.1) is 13.3 Å². The molecule has 0 radical (unpaired) electrons. The Morgan fingerprint density at radius 3 is 2.83 bits per heavy atom. The fourth-order valence-electron chi connectivity index (χ4n) is 0.589. The van der Waals surface area contributed by atoms with Crippen LogP contribution in [0.25, 0.3) is 0 Å². The number of carbonyl (C=O) groups is 1. The highest BCUT2D eigenvalue weighted by molar-refractivity contribution is 6.67. The lowest BCUT2D eigenvalue weighted by molar-refractivity contribution is 0.107. The van der Waals surface area contributed by atoms with Gasteiger partial charge in [-0.25, -0.2) is 4.98 Å². The van der Waals surface area contributed by atoms with Crippen molar-refractivity contribution >= 4 is 28.4 Å². The minimum atomic E-state index is -0.745. The zero-order valence-corrected chi connectivity index (χ0v) is 7.56. The number of methoxy groups -OCH3 is 1. The molecule has 64 valence electrons. The van der Waals surface area contributed by atoms with E-state index in [0.29, 0.717) is 0 Å². The first-order valence-electron chi connectivity index (χ1n) is 2.91. The monoisotopic (exact) mass is 206 g/mol. The van der Waals surface area contributed by atoms with Crippen LogP contribution in [0.5, 0.6) is 5.88 Å². The van der Waals surface area contributed by atoms with Crippen molar-refractivity contribution in [1.29, 1.82) is 0 Å². The largest absolute Gasteiger partial charge is 0.480 e. The number of aromatic nitrogens is 2. The van der Waals surface area contributed by atoms with Crippen molar-refractivity contribution in [2.45, 2.75) is 0 Å². The fourth-order valence-corrected chi connectivity index (χ4v) is 0.849. The quantitative estimate of drug-likeness (QED) is 0.689. The minimum Gasteiger partial charge on any atom is -0.480 e. The molecule has 0 aromatic carbocycles. The van der Waals surface area contributed by atoms with Gasteiger partial charge in [0.2, 0.25) is 11.7 Å². The molecule has 0 N–H and O–H groups in total. The summed E-state index contributed by atoms with van der Waals surface area (Å²) in [5, 5.41) is -0.510. The van der Waals surface area contributed by atoms with E-state index in [2.05, 4.69) is 9.97 Å². The first-order valence-corrected chi connectivity index (χ1v) is 3.67. The molecule has 0 aliphatic carbocycles. The molecule has 1 heterocycles. The first-order chi connectivity index (χ1) is 5.65. The van der Waals surface area contributed by atoms with E-state index in [1.54, 1.807) is 0 Å². The standard InChI is InChI=1S/C6H4Cl2N2O2/c1-12-6-3(7)2-9-5(10-6)4(8)11/h2H,1H3. The lowest BCUT2D eigenvalue weighted by Crippen LogP contribution is -2.00. The van der Waals surface area contributed by atoms with Gasteiger partial charge in [0.1, 0.15) is 5.02 Å². The predicted molar refractivity (Wildman–Crippen MR) is 43.8 cm³/mol. The average molecular weight is 207 g/mol. The Balaban J connectivity index is 3.13. The van der Waals surface area contributed by atoms with Crippen LogP contribution in [-0.2, 0) is 0 Å². The molecule has 4 nitrogen and oxygen atoms in total. The summed E-state index contributed by atoms with van der Waals surface area (Å²) in [6.07, 6.45) is 1.25. The third-order valence-corrected chi connectivity index (χ3v) is 1.51. The maximum absolute atomic E-state index is 10.6. The van der Waals surface area contributed by atoms with Gasteiger partial charge in [-0.1, -0.05) is 11.6 Å². The van der Waals surface area contributed by atoms with E-state index in [0.717, 1.165) is 0 Å². The molecular formula is C6H4Cl2N2O2. The van der Waals surface area contributed by atoms with Crippen molar-refractivity contribution in [1.82, 2.24) is 9.97 Å². The van der Waals surface area contributed by atoms with Gasteiger partial charge in [-0.15, -0.1) is 0 Å². The highest BCUT2D eigenvalue weighted by Crippen LogP contribution is 2.19. The second-order valence-electron chi connectivity index (χ2n) is 1.82. The maximum Gasteiger partial charge on any atom is 0.289 e. The summed E-state index contributed by atoms with van der Waals surface area (Å²) in [6, 6.07) is 0. The molecule has 0 fully saturated rings. The number of hydrogen-bond donors (Lipinski definition) is 0. The van der Waals surface area contributed by atoms with Gasteiger partial charge < -0.3 is 4.74 Å². The van der Waals surface area contributed by atoms with E-state index >= 15 is 0 Å². The number of rotatable bonds is 2. The number of nitrogens with zero attached hydrogens (tertiary/aromatic N) is 2. The van der Waals surface area contributed by atoms with Gasteiger partial charge in [-0.05, 0) is 11.6 Å². The third kappa shape index (κ3) is 1.84. The minimum absolute atomic E-state index is 0.127. The number of ether oxygens (including phenoxy) is 1. The topological polar surface area (TPSA) is 52.1 Å². The SMILES string of the molecule is COc1nc(C(=O)Cl)ncc1Cl. The second-order valence-corrected chi connectivity index (χ2v) is 2.58. The molecule has 0 amide bonds. The van der Waals surface area contributed by atoms with E-state index in [9.17, 15) is 4.79 Å². The molecule has 1 aromatic heterocycles. The molecule has 0 aliphatic rings. The molecule has 1 aromatic rings. The molecule has 0 bridgehead atoms. The molecule has 0 unspecified atom stereocenters. The van der Waals surface area contributed by atoms with Crippen LogP contribution in [0.15, 0.2) is 6.20 Å². The van der Waals surface area contributed by atoms with Gasteiger partial charge in [-0.2, -0.15) is 4.98 Å². The van der Waals surface area contributed by atoms with Crippen molar-refractivity contribution in [3.8, 4) is 5.88 Å². The highest BCUT2D eigenvalue weighted by Gasteiger charge is 2.09. The van der Waals surface area contributed by atoms with E-state index in [1.807, 2.05) is 0 Å². The van der Waals surface area contributed by atoms with Crippen molar-refractivity contribution in [2.75, 3.05) is 7.11 Å². The summed E-state index contributed by atoms with van der Waals surface area (Å²) in [5.74, 6) is 0.00795. The molecule has 0 spiro atoms. The normalized spacial score (nSPS) is 9.58. The number of hydrogen-bond acceptors (Lipinski definition) is 4. The van der Waals surface area contributed by atoms with Crippen molar-refractivity contribution in [2.24, 2.45) is 0 Å². The van der Waals surface area contributed by atoms with E-state index in [4.69, 9.17) is 27.9 Å². The molecule has 0 saturated heterocycles. The van der Waals surface area contributed by atoms with Crippen LogP contribution in [0, 0.1) is 0 Å². The van der Waals surface area contributed by atoms with Crippen LogP contribution in [0.3, 0.4) is 0 Å². The van der Waals surface area contributed by atoms with Crippen molar-refractivity contribution in [3.05, 3.63) is 17.0 Å². The lowest BCUT2D eigenvalue weighted by atomic mass is 10.5. The molecule has 0 atom stereocenters. The van der Waals surface area contributed by atoms with Crippen LogP contribution in [0.2, 0.25) is 5.02 Å². The first kappa shape index (κ1) is 9.22. The number of carbonyl (C=O) groups excluding carboxylic acids is 1. The predicted octanol–water partition coefficient (Wildman–Crippen LogP) is 1.52. The van der Waals surface area contributed by atoms with Crippen molar-refractivity contribution in [3.63, 3.8) is 0 Å². The van der Waals surface area contributed by atoms with Crippen molar-refractivity contribution < 1.29 is 9.53 Å². The summed E-state index contributed by atoms with van der Waals surface area (Å²) in [4.78, 5) is 17.8. The average Bonchev–Trinajstić information content (AvgIpc) is 2.05. The van der Waals surface area contributed by atoms with E-state index < -0.39 is 5.24 Å². The zero-order valence-electron chi connectivity index (χ0n) is 6.04. The lowest BCUT2D eigenvalue weighted by Gasteiger charge is -2.00. The van der Waals surface area contributed by atoms with Gasteiger partial charge in [0.15, 0.2) is 0 Å². The van der Waals surface area contributed by atoms with Gasteiger partial charge in [0, 0.05) is 0 Å². The molecule has 1 rings (SSSR count). The Bertz CT molecular complexity index is 316. The number of halogens is 2. The van der Waals surface area contributed by atoms with E-state index in [1.165, 1.54) is 13.3 Å². The zero-order chi connectivity index (χ0) is 9.14. The maximum atomic E-state index is 10.6. The van der Waals surface area contributed by atoms with Crippen LogP contribution >= 0.6 is 23.2 Å². The highest BCUT2D eigenvalue weighted by atomic mass is 35.5. The summed E-state index contributed by atoms with van der Waals surface area (Å²) in [7, 11) is 1.39. The van der Waals surface area contributed by atoms with Gasteiger partial charge >= 0.3 is 0 Å². The van der Waals surface area contributed by atoms with Gasteiger partial charge in [0.25, 0.3) is 5.24 Å². The van der Waals surface area contributed by atoms with Crippen LogP contribution in [0.1, 0.15) is 10.6 Å². The van der Waals surface area contributed by atoms with Crippen LogP contribution < -0.4 is 4.74 Å². The fraction of sp³-hybridized carbons (Fsp3) is 0.167. The Morgan fingerprint density at radius 1 is 1.67 bits per heavy atom. The smallest absolute Gasteiger partial charge is 0.289 e. The van der Waals surface area contributed by atoms with Crippen LogP contribution in [-0.4, -0.2) is 22.3 Å². The second kappa shape index (κ2) is 3.69. The summed E-state index contributed by atoms with van der Waals surface area (Å²) < 4.78 is 4.74. The molecule has 12 heavy (non-hydrogen) atoms. The Morgan fingerprint density at radius 2 is 2.33 bits per heavy atom. The molecule has 0 saturated carbocycles.